The van der Waals surface area contributed by atoms with E-state index in [-0.39, 0.29) is 10.7 Å². The van der Waals surface area contributed by atoms with Crippen molar-refractivity contribution in [3.63, 3.8) is 0 Å². The van der Waals surface area contributed by atoms with Gasteiger partial charge in [0.1, 0.15) is 11.7 Å². The molecule has 7 heteroatoms. The molecule has 4 N–H and O–H groups in total. The number of aryl methyl sites for hydroxylation is 1. The van der Waals surface area contributed by atoms with Crippen molar-refractivity contribution in [2.75, 3.05) is 0 Å². The lowest BCUT2D eigenvalue weighted by atomic mass is 10.2. The molecule has 0 aliphatic carbocycles. The topological polar surface area (TPSA) is 96.0 Å². The Morgan fingerprint density at radius 2 is 2.17 bits per heavy atom. The van der Waals surface area contributed by atoms with Crippen LogP contribution in [0.5, 0.6) is 0 Å². The van der Waals surface area contributed by atoms with Crippen LogP contribution in [0.1, 0.15) is 18.9 Å². The third kappa shape index (κ3) is 3.27. The van der Waals surface area contributed by atoms with Gasteiger partial charge in [-0.2, -0.15) is 0 Å². The van der Waals surface area contributed by atoms with E-state index in [0.717, 1.165) is 12.1 Å². The van der Waals surface area contributed by atoms with Gasteiger partial charge >= 0.3 is 0 Å². The zero-order valence-electron chi connectivity index (χ0n) is 10.2. The molecule has 1 aromatic rings. The van der Waals surface area contributed by atoms with Crippen molar-refractivity contribution in [1.29, 1.82) is 5.41 Å². The number of benzene rings is 1. The lowest BCUT2D eigenvalue weighted by Gasteiger charge is -2.16. The summed E-state index contributed by atoms with van der Waals surface area (Å²) in [5.41, 5.74) is 5.60. The average molecular weight is 273 g/mol. The number of halogens is 1. The van der Waals surface area contributed by atoms with Gasteiger partial charge in [0.05, 0.1) is 10.9 Å². The van der Waals surface area contributed by atoms with Gasteiger partial charge in [0.2, 0.25) is 10.0 Å². The molecule has 0 aliphatic rings. The van der Waals surface area contributed by atoms with Crippen LogP contribution in [0.3, 0.4) is 0 Å². The van der Waals surface area contributed by atoms with Crippen molar-refractivity contribution >= 4 is 15.9 Å². The maximum absolute atomic E-state index is 12.9. The molecule has 0 saturated heterocycles. The lowest BCUT2D eigenvalue weighted by molar-refractivity contribution is 0.569. The second-order valence-corrected chi connectivity index (χ2v) is 5.63. The van der Waals surface area contributed by atoms with E-state index in [0.29, 0.717) is 12.0 Å². The summed E-state index contributed by atoms with van der Waals surface area (Å²) < 4.78 is 39.3. The van der Waals surface area contributed by atoms with Gasteiger partial charge in [-0.15, -0.1) is 0 Å². The van der Waals surface area contributed by atoms with Crippen molar-refractivity contribution in [3.8, 4) is 0 Å². The molecule has 5 nitrogen and oxygen atoms in total. The van der Waals surface area contributed by atoms with E-state index in [1.807, 2.05) is 0 Å². The molecule has 1 rings (SSSR count). The zero-order chi connectivity index (χ0) is 13.9. The first-order valence-electron chi connectivity index (χ1n) is 5.40. The first-order valence-corrected chi connectivity index (χ1v) is 6.88. The lowest BCUT2D eigenvalue weighted by Crippen LogP contribution is -2.43. The number of hydrogen-bond acceptors (Lipinski definition) is 3. The van der Waals surface area contributed by atoms with Crippen molar-refractivity contribution in [3.05, 3.63) is 29.6 Å². The maximum atomic E-state index is 12.9. The van der Waals surface area contributed by atoms with Gasteiger partial charge in [0.15, 0.2) is 0 Å². The summed E-state index contributed by atoms with van der Waals surface area (Å²) in [6.07, 6.45) is 0.370. The van der Waals surface area contributed by atoms with Crippen LogP contribution in [0.2, 0.25) is 0 Å². The van der Waals surface area contributed by atoms with Crippen molar-refractivity contribution in [2.24, 2.45) is 5.73 Å². The van der Waals surface area contributed by atoms with E-state index >= 15 is 0 Å². The first-order chi connectivity index (χ1) is 8.27. The molecule has 0 fully saturated rings. The van der Waals surface area contributed by atoms with Gasteiger partial charge in [-0.05, 0) is 37.1 Å². The highest BCUT2D eigenvalue weighted by Crippen LogP contribution is 2.16. The summed E-state index contributed by atoms with van der Waals surface area (Å²) in [4.78, 5) is -0.0106. The Hall–Kier alpha value is -1.47. The molecule has 0 saturated carbocycles. The summed E-state index contributed by atoms with van der Waals surface area (Å²) in [5, 5.41) is 7.27. The fourth-order valence-corrected chi connectivity index (χ4v) is 3.06. The molecule has 0 spiro atoms. The standard InChI is InChI=1S/C11H16FN3O2S/c1-3-9(11(13)14)15-18(16,17)10-5-4-8(12)6-7(10)2/h4-6,9,15H,3H2,1-2H3,(H3,13,14). The summed E-state index contributed by atoms with van der Waals surface area (Å²) in [5.74, 6) is -0.745. The van der Waals surface area contributed by atoms with E-state index in [1.54, 1.807) is 6.92 Å². The number of nitrogens with two attached hydrogens (primary N) is 1. The highest BCUT2D eigenvalue weighted by Gasteiger charge is 2.22. The number of rotatable bonds is 5. The molecule has 0 heterocycles. The number of amidine groups is 1. The van der Waals surface area contributed by atoms with Crippen LogP contribution in [0.15, 0.2) is 23.1 Å². The highest BCUT2D eigenvalue weighted by atomic mass is 32.2. The normalized spacial score (nSPS) is 13.3. The van der Waals surface area contributed by atoms with Crippen molar-refractivity contribution in [1.82, 2.24) is 4.72 Å². The van der Waals surface area contributed by atoms with Gasteiger partial charge in [-0.1, -0.05) is 6.92 Å². The average Bonchev–Trinajstić information content (AvgIpc) is 2.24. The Morgan fingerprint density at radius 3 is 2.61 bits per heavy atom. The summed E-state index contributed by atoms with van der Waals surface area (Å²) in [6.45, 7) is 3.22. The minimum atomic E-state index is -3.80. The van der Waals surface area contributed by atoms with Gasteiger partial charge < -0.3 is 5.73 Å². The molecule has 1 atom stereocenters. The van der Waals surface area contributed by atoms with Gasteiger partial charge in [-0.25, -0.2) is 17.5 Å². The first kappa shape index (κ1) is 14.6. The number of hydrogen-bond donors (Lipinski definition) is 3. The van der Waals surface area contributed by atoms with Gasteiger partial charge in [0, 0.05) is 0 Å². The Morgan fingerprint density at radius 1 is 1.56 bits per heavy atom. The molecule has 18 heavy (non-hydrogen) atoms. The molecule has 0 amide bonds. The monoisotopic (exact) mass is 273 g/mol. The second kappa shape index (κ2) is 5.45. The van der Waals surface area contributed by atoms with E-state index < -0.39 is 21.9 Å². The fourth-order valence-electron chi connectivity index (χ4n) is 1.53. The molecular weight excluding hydrogens is 257 g/mol. The molecule has 0 aromatic heterocycles. The fraction of sp³-hybridized carbons (Fsp3) is 0.364. The van der Waals surface area contributed by atoms with Crippen LogP contribution in [0, 0.1) is 18.2 Å². The summed E-state index contributed by atoms with van der Waals surface area (Å²) >= 11 is 0. The third-order valence-electron chi connectivity index (χ3n) is 2.51. The van der Waals surface area contributed by atoms with Gasteiger partial charge in [0.25, 0.3) is 0 Å². The van der Waals surface area contributed by atoms with Crippen LogP contribution < -0.4 is 10.5 Å². The van der Waals surface area contributed by atoms with Crippen LogP contribution in [0.4, 0.5) is 4.39 Å². The predicted molar refractivity (Wildman–Crippen MR) is 67.5 cm³/mol. The molecular formula is C11H16FN3O2S. The Balaban J connectivity index is 3.10. The predicted octanol–water partition coefficient (Wildman–Crippen LogP) is 1.13. The molecule has 100 valence electrons. The zero-order valence-corrected chi connectivity index (χ0v) is 11.0. The van der Waals surface area contributed by atoms with Crippen molar-refractivity contribution in [2.45, 2.75) is 31.2 Å². The Bertz CT molecular complexity index is 557. The quantitative estimate of drug-likeness (QED) is 0.554. The number of sulfonamides is 1. The van der Waals surface area contributed by atoms with Crippen LogP contribution in [-0.2, 0) is 10.0 Å². The third-order valence-corrected chi connectivity index (χ3v) is 4.14. The smallest absolute Gasteiger partial charge is 0.241 e. The molecule has 1 aromatic carbocycles. The molecule has 0 aliphatic heterocycles. The largest absolute Gasteiger partial charge is 0.386 e. The number of nitrogens with one attached hydrogen (secondary N) is 2. The maximum Gasteiger partial charge on any atom is 0.241 e. The molecule has 0 radical (unpaired) electrons. The minimum Gasteiger partial charge on any atom is -0.386 e. The Kier molecular flexibility index (Phi) is 4.42. The van der Waals surface area contributed by atoms with E-state index in [2.05, 4.69) is 4.72 Å². The van der Waals surface area contributed by atoms with Crippen molar-refractivity contribution < 1.29 is 12.8 Å². The summed E-state index contributed by atoms with van der Waals surface area (Å²) in [7, 11) is -3.80. The second-order valence-electron chi connectivity index (χ2n) is 3.95. The van der Waals surface area contributed by atoms with Crippen LogP contribution in [0.25, 0.3) is 0 Å². The SMILES string of the molecule is CCC(NS(=O)(=O)c1ccc(F)cc1C)C(=N)N. The molecule has 0 bridgehead atoms. The van der Waals surface area contributed by atoms with Gasteiger partial charge in [-0.3, -0.25) is 5.41 Å². The van der Waals surface area contributed by atoms with Crippen LogP contribution in [-0.4, -0.2) is 20.3 Å². The van der Waals surface area contributed by atoms with E-state index in [1.165, 1.54) is 13.0 Å². The van der Waals surface area contributed by atoms with Crippen LogP contribution >= 0.6 is 0 Å². The molecule has 1 unspecified atom stereocenters. The summed E-state index contributed by atoms with van der Waals surface area (Å²) in [6, 6.07) is 2.67. The van der Waals surface area contributed by atoms with E-state index in [4.69, 9.17) is 11.1 Å². The minimum absolute atomic E-state index is 0.0106. The highest BCUT2D eigenvalue weighted by molar-refractivity contribution is 7.89. The Labute approximate surface area is 106 Å². The van der Waals surface area contributed by atoms with E-state index in [9.17, 15) is 12.8 Å².